The summed E-state index contributed by atoms with van der Waals surface area (Å²) in [5.74, 6) is 0.728. The van der Waals surface area contributed by atoms with Crippen molar-refractivity contribution in [3.8, 4) is 5.75 Å². The van der Waals surface area contributed by atoms with Crippen molar-refractivity contribution in [1.29, 1.82) is 0 Å². The van der Waals surface area contributed by atoms with Gasteiger partial charge in [-0.05, 0) is 55.0 Å². The van der Waals surface area contributed by atoms with E-state index in [0.29, 0.717) is 36.6 Å². The first-order valence-corrected chi connectivity index (χ1v) is 12.7. The van der Waals surface area contributed by atoms with Crippen molar-refractivity contribution in [2.24, 2.45) is 0 Å². The lowest BCUT2D eigenvalue weighted by Crippen LogP contribution is -2.26. The van der Waals surface area contributed by atoms with Gasteiger partial charge in [0.1, 0.15) is 12.4 Å². The molecule has 35 heavy (non-hydrogen) atoms. The Balaban J connectivity index is 1.28. The minimum Gasteiger partial charge on any atom is -0.492 e. The monoisotopic (exact) mass is 495 g/mol. The third-order valence-corrected chi connectivity index (χ3v) is 6.94. The largest absolute Gasteiger partial charge is 0.492 e. The first-order valence-electron chi connectivity index (χ1n) is 11.2. The third-order valence-electron chi connectivity index (χ3n) is 5.56. The first-order chi connectivity index (χ1) is 16.9. The van der Waals surface area contributed by atoms with Crippen molar-refractivity contribution in [2.45, 2.75) is 17.9 Å². The van der Waals surface area contributed by atoms with Crippen LogP contribution in [0.15, 0.2) is 71.6 Å². The number of aromatic amines is 1. The van der Waals surface area contributed by atoms with E-state index in [1.165, 1.54) is 6.07 Å². The molecule has 1 atom stereocenters. The zero-order chi connectivity index (χ0) is 24.8. The van der Waals surface area contributed by atoms with Crippen LogP contribution in [0.1, 0.15) is 17.4 Å². The Kier molecular flexibility index (Phi) is 7.54. The minimum atomic E-state index is -3.76. The molecular weight excluding hydrogens is 466 g/mol. The van der Waals surface area contributed by atoms with Gasteiger partial charge in [0, 0.05) is 48.7 Å². The SMILES string of the molecule is CNc1cccc(S(=O)(=O)Nc2cccc([C@@H](O)CNCCOc3ccc4c(C)[nH]nc4c3)c2)c1. The molecular formula is C25H29N5O4S. The number of nitrogens with zero attached hydrogens (tertiary/aromatic N) is 1. The molecule has 3 aromatic carbocycles. The Labute approximate surface area is 204 Å². The lowest BCUT2D eigenvalue weighted by molar-refractivity contribution is 0.172. The number of sulfonamides is 1. The number of aryl methyl sites for hydroxylation is 1. The molecule has 1 aromatic heterocycles. The van der Waals surface area contributed by atoms with Crippen LogP contribution in [0.4, 0.5) is 11.4 Å². The normalized spacial score (nSPS) is 12.4. The van der Waals surface area contributed by atoms with E-state index >= 15 is 0 Å². The Morgan fingerprint density at radius 3 is 2.69 bits per heavy atom. The van der Waals surface area contributed by atoms with Gasteiger partial charge >= 0.3 is 0 Å². The van der Waals surface area contributed by atoms with Gasteiger partial charge in [0.15, 0.2) is 0 Å². The Hall–Kier alpha value is -3.60. The molecule has 0 fully saturated rings. The van der Waals surface area contributed by atoms with Crippen LogP contribution in [0.5, 0.6) is 5.75 Å². The summed E-state index contributed by atoms with van der Waals surface area (Å²) in [7, 11) is -2.03. The van der Waals surface area contributed by atoms with E-state index in [2.05, 4.69) is 25.6 Å². The maximum atomic E-state index is 12.8. The topological polar surface area (TPSA) is 128 Å². The number of anilines is 2. The quantitative estimate of drug-likeness (QED) is 0.202. The highest BCUT2D eigenvalue weighted by Gasteiger charge is 2.16. The molecule has 0 saturated heterocycles. The Morgan fingerprint density at radius 1 is 1.06 bits per heavy atom. The molecule has 184 valence electrons. The Bertz CT molecular complexity index is 1400. The number of nitrogens with one attached hydrogen (secondary N) is 4. The molecule has 1 heterocycles. The second-order valence-electron chi connectivity index (χ2n) is 8.10. The van der Waals surface area contributed by atoms with E-state index in [4.69, 9.17) is 4.74 Å². The number of rotatable bonds is 11. The summed E-state index contributed by atoms with van der Waals surface area (Å²) in [4.78, 5) is 0.151. The van der Waals surface area contributed by atoms with E-state index in [-0.39, 0.29) is 4.90 Å². The number of aromatic nitrogens is 2. The van der Waals surface area contributed by atoms with E-state index in [1.54, 1.807) is 49.5 Å². The van der Waals surface area contributed by atoms with E-state index in [1.807, 2.05) is 25.1 Å². The fourth-order valence-corrected chi connectivity index (χ4v) is 4.75. The van der Waals surface area contributed by atoms with Gasteiger partial charge in [-0.15, -0.1) is 0 Å². The van der Waals surface area contributed by atoms with Crippen LogP contribution in [0.25, 0.3) is 10.9 Å². The molecule has 0 amide bonds. The standard InChI is InChI=1S/C25H29N5O4S/c1-17-23-10-9-21(15-24(23)29-28-17)34-12-11-27-16-25(31)18-5-3-7-20(13-18)30-35(32,33)22-8-4-6-19(14-22)26-2/h3-10,13-15,25-27,30-31H,11-12,16H2,1-2H3,(H,28,29)/t25-/m0/s1. The predicted molar refractivity (Wildman–Crippen MR) is 137 cm³/mol. The van der Waals surface area contributed by atoms with E-state index in [0.717, 1.165) is 22.3 Å². The van der Waals surface area contributed by atoms with Gasteiger partial charge in [-0.1, -0.05) is 18.2 Å². The summed E-state index contributed by atoms with van der Waals surface area (Å²) >= 11 is 0. The molecule has 0 saturated carbocycles. The summed E-state index contributed by atoms with van der Waals surface area (Å²) in [6.07, 6.45) is -0.810. The zero-order valence-corrected chi connectivity index (χ0v) is 20.4. The van der Waals surface area contributed by atoms with Crippen LogP contribution < -0.4 is 20.1 Å². The third kappa shape index (κ3) is 6.10. The number of H-pyrrole nitrogens is 1. The van der Waals surface area contributed by atoms with Gasteiger partial charge in [0.05, 0.1) is 16.5 Å². The summed E-state index contributed by atoms with van der Waals surface area (Å²) in [5.41, 5.74) is 3.55. The van der Waals surface area contributed by atoms with Crippen LogP contribution in [0.3, 0.4) is 0 Å². The summed E-state index contributed by atoms with van der Waals surface area (Å²) in [6.45, 7) is 3.22. The molecule has 0 bridgehead atoms. The fourth-order valence-electron chi connectivity index (χ4n) is 3.66. The fraction of sp³-hybridized carbons (Fsp3) is 0.240. The van der Waals surface area contributed by atoms with Crippen molar-refractivity contribution in [3.63, 3.8) is 0 Å². The number of ether oxygens (including phenoxy) is 1. The summed E-state index contributed by atoms with van der Waals surface area (Å²) in [5, 5.41) is 24.9. The van der Waals surface area contributed by atoms with E-state index in [9.17, 15) is 13.5 Å². The van der Waals surface area contributed by atoms with Crippen molar-refractivity contribution in [2.75, 3.05) is 36.8 Å². The lowest BCUT2D eigenvalue weighted by atomic mass is 10.1. The highest BCUT2D eigenvalue weighted by Crippen LogP contribution is 2.23. The average Bonchev–Trinajstić information content (AvgIpc) is 3.23. The van der Waals surface area contributed by atoms with Crippen molar-refractivity contribution in [1.82, 2.24) is 15.5 Å². The number of hydrogen-bond acceptors (Lipinski definition) is 7. The van der Waals surface area contributed by atoms with Crippen LogP contribution in [0.2, 0.25) is 0 Å². The number of benzene rings is 3. The van der Waals surface area contributed by atoms with Gasteiger partial charge < -0.3 is 20.5 Å². The van der Waals surface area contributed by atoms with Crippen molar-refractivity contribution >= 4 is 32.3 Å². The first kappa shape index (κ1) is 24.5. The van der Waals surface area contributed by atoms with Crippen LogP contribution in [-0.4, -0.2) is 50.5 Å². The molecule has 4 aromatic rings. The molecule has 4 rings (SSSR count). The maximum absolute atomic E-state index is 12.8. The zero-order valence-electron chi connectivity index (χ0n) is 19.6. The van der Waals surface area contributed by atoms with Crippen LogP contribution in [0, 0.1) is 6.92 Å². The lowest BCUT2D eigenvalue weighted by Gasteiger charge is -2.15. The second kappa shape index (κ2) is 10.8. The van der Waals surface area contributed by atoms with Gasteiger partial charge in [0.25, 0.3) is 10.0 Å². The van der Waals surface area contributed by atoms with Gasteiger partial charge in [-0.2, -0.15) is 5.10 Å². The average molecular weight is 496 g/mol. The van der Waals surface area contributed by atoms with E-state index < -0.39 is 16.1 Å². The maximum Gasteiger partial charge on any atom is 0.261 e. The minimum absolute atomic E-state index is 0.151. The summed E-state index contributed by atoms with van der Waals surface area (Å²) < 4.78 is 33.8. The van der Waals surface area contributed by atoms with Gasteiger partial charge in [-0.25, -0.2) is 8.42 Å². The second-order valence-corrected chi connectivity index (χ2v) is 9.79. The highest BCUT2D eigenvalue weighted by molar-refractivity contribution is 7.92. The summed E-state index contributed by atoms with van der Waals surface area (Å²) in [6, 6.07) is 19.0. The molecule has 0 spiro atoms. The number of hydrogen-bond donors (Lipinski definition) is 5. The number of aliphatic hydroxyl groups excluding tert-OH is 1. The molecule has 0 aliphatic heterocycles. The number of fused-ring (bicyclic) bond motifs is 1. The van der Waals surface area contributed by atoms with Gasteiger partial charge in [-0.3, -0.25) is 9.82 Å². The smallest absolute Gasteiger partial charge is 0.261 e. The molecule has 9 nitrogen and oxygen atoms in total. The molecule has 0 aliphatic carbocycles. The van der Waals surface area contributed by atoms with Gasteiger partial charge in [0.2, 0.25) is 0 Å². The molecule has 5 N–H and O–H groups in total. The van der Waals surface area contributed by atoms with Crippen LogP contribution in [-0.2, 0) is 10.0 Å². The Morgan fingerprint density at radius 2 is 1.86 bits per heavy atom. The predicted octanol–water partition coefficient (Wildman–Crippen LogP) is 3.42. The molecule has 0 aliphatic rings. The van der Waals surface area contributed by atoms with Crippen molar-refractivity contribution < 1.29 is 18.3 Å². The van der Waals surface area contributed by atoms with Crippen LogP contribution >= 0.6 is 0 Å². The number of aliphatic hydroxyl groups is 1. The molecule has 10 heteroatoms. The molecule has 0 radical (unpaired) electrons. The molecule has 0 unspecified atom stereocenters. The highest BCUT2D eigenvalue weighted by atomic mass is 32.2. The van der Waals surface area contributed by atoms with Crippen molar-refractivity contribution in [3.05, 3.63) is 78.0 Å².